The Bertz CT molecular complexity index is 1250. The van der Waals surface area contributed by atoms with Gasteiger partial charge in [0.25, 0.3) is 5.56 Å². The number of nitrogens with one attached hydrogen (secondary N) is 1. The predicted octanol–water partition coefficient (Wildman–Crippen LogP) is 3.28. The van der Waals surface area contributed by atoms with Crippen molar-refractivity contribution in [3.05, 3.63) is 76.3 Å². The van der Waals surface area contributed by atoms with Crippen LogP contribution in [-0.4, -0.2) is 41.0 Å². The van der Waals surface area contributed by atoms with Gasteiger partial charge in [-0.05, 0) is 43.9 Å². The number of hydrogen-bond acceptors (Lipinski definition) is 6. The highest BCUT2D eigenvalue weighted by molar-refractivity contribution is 7.17. The lowest BCUT2D eigenvalue weighted by atomic mass is 10.1. The number of thiophene rings is 1. The Hall–Kier alpha value is -3.30. The Labute approximate surface area is 181 Å². The summed E-state index contributed by atoms with van der Waals surface area (Å²) in [7, 11) is 3.80. The largest absolute Gasteiger partial charge is 0.468 e. The second-order valence-electron chi connectivity index (χ2n) is 7.31. The van der Waals surface area contributed by atoms with E-state index in [1.54, 1.807) is 24.5 Å². The number of nitrogens with zero attached hydrogens (tertiary/aromatic N) is 3. The van der Waals surface area contributed by atoms with Crippen molar-refractivity contribution >= 4 is 27.5 Å². The minimum Gasteiger partial charge on any atom is -0.468 e. The Balaban J connectivity index is 1.54. The first-order chi connectivity index (χ1) is 14.9. The number of benzene rings is 1. The second kappa shape index (κ2) is 8.83. The van der Waals surface area contributed by atoms with Crippen LogP contribution in [0.4, 0.5) is 4.39 Å². The highest BCUT2D eigenvalue weighted by Gasteiger charge is 2.19. The van der Waals surface area contributed by atoms with Crippen molar-refractivity contribution in [3.63, 3.8) is 0 Å². The molecule has 3 heterocycles. The minimum absolute atomic E-state index is 0.127. The number of fused-ring (bicyclic) bond motifs is 1. The number of carbonyl (C=O) groups excluding carboxylic acids is 1. The van der Waals surface area contributed by atoms with Crippen LogP contribution in [0.15, 0.2) is 63.6 Å². The van der Waals surface area contributed by atoms with E-state index in [0.717, 1.165) is 11.3 Å². The first kappa shape index (κ1) is 21.0. The molecule has 1 N–H and O–H groups in total. The molecule has 0 saturated carbocycles. The molecule has 0 bridgehead atoms. The lowest BCUT2D eigenvalue weighted by molar-refractivity contribution is -0.122. The molecule has 1 aromatic carbocycles. The molecule has 9 heteroatoms. The summed E-state index contributed by atoms with van der Waals surface area (Å²) < 4.78 is 20.0. The van der Waals surface area contributed by atoms with E-state index in [9.17, 15) is 14.0 Å². The summed E-state index contributed by atoms with van der Waals surface area (Å²) >= 11 is 1.34. The number of likely N-dealkylation sites (N-methyl/N-ethyl adjacent to an activating group) is 1. The summed E-state index contributed by atoms with van der Waals surface area (Å²) in [5, 5.41) is 5.10. The third kappa shape index (κ3) is 4.42. The van der Waals surface area contributed by atoms with Gasteiger partial charge >= 0.3 is 0 Å². The molecular formula is C22H21FN4O3S. The van der Waals surface area contributed by atoms with Gasteiger partial charge in [0, 0.05) is 17.5 Å². The molecule has 0 saturated heterocycles. The van der Waals surface area contributed by atoms with Gasteiger partial charge in [0.1, 0.15) is 23.0 Å². The third-order valence-electron chi connectivity index (χ3n) is 5.02. The topological polar surface area (TPSA) is 80.4 Å². The minimum atomic E-state index is -0.346. The molecule has 1 amide bonds. The molecule has 4 aromatic rings. The van der Waals surface area contributed by atoms with Crippen LogP contribution < -0.4 is 10.9 Å². The first-order valence-electron chi connectivity index (χ1n) is 9.63. The average Bonchev–Trinajstić information content (AvgIpc) is 3.41. The number of halogens is 1. The predicted molar refractivity (Wildman–Crippen MR) is 117 cm³/mol. The van der Waals surface area contributed by atoms with Crippen molar-refractivity contribution in [1.29, 1.82) is 0 Å². The lowest BCUT2D eigenvalue weighted by Crippen LogP contribution is -2.37. The van der Waals surface area contributed by atoms with Crippen molar-refractivity contribution < 1.29 is 13.6 Å². The highest BCUT2D eigenvalue weighted by Crippen LogP contribution is 2.30. The summed E-state index contributed by atoms with van der Waals surface area (Å²) in [5.41, 5.74) is 1.09. The summed E-state index contributed by atoms with van der Waals surface area (Å²) in [4.78, 5) is 32.5. The monoisotopic (exact) mass is 440 g/mol. The molecule has 1 unspecified atom stereocenters. The maximum absolute atomic E-state index is 13.3. The molecule has 31 heavy (non-hydrogen) atoms. The van der Waals surface area contributed by atoms with E-state index >= 15 is 0 Å². The maximum atomic E-state index is 13.3. The van der Waals surface area contributed by atoms with Crippen LogP contribution in [-0.2, 0) is 11.3 Å². The van der Waals surface area contributed by atoms with E-state index in [-0.39, 0.29) is 29.9 Å². The van der Waals surface area contributed by atoms with Crippen molar-refractivity contribution in [2.75, 3.05) is 20.6 Å². The van der Waals surface area contributed by atoms with Gasteiger partial charge in [-0.15, -0.1) is 11.3 Å². The first-order valence-corrected chi connectivity index (χ1v) is 10.5. The fraction of sp³-hybridized carbons (Fsp3) is 0.227. The number of rotatable bonds is 7. The third-order valence-corrected chi connectivity index (χ3v) is 5.90. The number of hydrogen-bond donors (Lipinski definition) is 1. The Morgan fingerprint density at radius 3 is 2.74 bits per heavy atom. The van der Waals surface area contributed by atoms with Gasteiger partial charge < -0.3 is 9.73 Å². The van der Waals surface area contributed by atoms with Gasteiger partial charge in [0.05, 0.1) is 24.0 Å². The van der Waals surface area contributed by atoms with Gasteiger partial charge in [-0.3, -0.25) is 19.1 Å². The molecule has 0 aliphatic heterocycles. The average molecular weight is 441 g/mol. The quantitative estimate of drug-likeness (QED) is 0.477. The van der Waals surface area contributed by atoms with Crippen LogP contribution in [0.25, 0.3) is 21.3 Å². The zero-order valence-corrected chi connectivity index (χ0v) is 17.9. The van der Waals surface area contributed by atoms with E-state index in [4.69, 9.17) is 4.42 Å². The number of aromatic nitrogens is 2. The molecule has 160 valence electrons. The van der Waals surface area contributed by atoms with Crippen molar-refractivity contribution in [3.8, 4) is 11.1 Å². The summed E-state index contributed by atoms with van der Waals surface area (Å²) in [6.07, 6.45) is 2.97. The van der Waals surface area contributed by atoms with Crippen molar-refractivity contribution in [1.82, 2.24) is 19.8 Å². The number of amides is 1. The van der Waals surface area contributed by atoms with Gasteiger partial charge in [-0.1, -0.05) is 12.1 Å². The molecule has 1 atom stereocenters. The Morgan fingerprint density at radius 1 is 1.29 bits per heavy atom. The van der Waals surface area contributed by atoms with Crippen LogP contribution in [0, 0.1) is 5.82 Å². The SMILES string of the molecule is CN(C)C(CNC(=O)Cn1cnc2scc(-c3ccc(F)cc3)c2c1=O)c1ccco1. The molecule has 0 fully saturated rings. The molecule has 3 aromatic heterocycles. The van der Waals surface area contributed by atoms with Crippen LogP contribution >= 0.6 is 11.3 Å². The van der Waals surface area contributed by atoms with Crippen molar-refractivity contribution in [2.45, 2.75) is 12.6 Å². The molecule has 7 nitrogen and oxygen atoms in total. The van der Waals surface area contributed by atoms with Crippen molar-refractivity contribution in [2.24, 2.45) is 0 Å². The lowest BCUT2D eigenvalue weighted by Gasteiger charge is -2.22. The second-order valence-corrected chi connectivity index (χ2v) is 8.17. The zero-order chi connectivity index (χ0) is 22.0. The highest BCUT2D eigenvalue weighted by atomic mass is 32.1. The van der Waals surface area contributed by atoms with Crippen LogP contribution in [0.1, 0.15) is 11.8 Å². The summed E-state index contributed by atoms with van der Waals surface area (Å²) in [6.45, 7) is 0.182. The molecular weight excluding hydrogens is 419 g/mol. The maximum Gasteiger partial charge on any atom is 0.263 e. The zero-order valence-electron chi connectivity index (χ0n) is 17.0. The molecule has 0 radical (unpaired) electrons. The fourth-order valence-electron chi connectivity index (χ4n) is 3.36. The van der Waals surface area contributed by atoms with Crippen LogP contribution in [0.3, 0.4) is 0 Å². The van der Waals surface area contributed by atoms with E-state index in [2.05, 4.69) is 10.3 Å². The molecule has 0 spiro atoms. The molecule has 0 aliphatic rings. The van der Waals surface area contributed by atoms with Crippen LogP contribution in [0.5, 0.6) is 0 Å². The summed E-state index contributed by atoms with van der Waals surface area (Å²) in [6, 6.07) is 9.47. The molecule has 4 rings (SSSR count). The fourth-order valence-corrected chi connectivity index (χ4v) is 4.27. The molecule has 0 aliphatic carbocycles. The van der Waals surface area contributed by atoms with Gasteiger partial charge in [0.2, 0.25) is 5.91 Å². The Kier molecular flexibility index (Phi) is 5.97. The standard InChI is InChI=1S/C22H21FN4O3S/c1-26(2)17(18-4-3-9-30-18)10-24-19(28)11-27-13-25-21-20(22(27)29)16(12-31-21)14-5-7-15(23)8-6-14/h3-9,12-13,17H,10-11H2,1-2H3,(H,24,28). The normalized spacial score (nSPS) is 12.4. The van der Waals surface area contributed by atoms with Gasteiger partial charge in [0.15, 0.2) is 0 Å². The van der Waals surface area contributed by atoms with E-state index < -0.39 is 0 Å². The van der Waals surface area contributed by atoms with E-state index in [0.29, 0.717) is 22.3 Å². The summed E-state index contributed by atoms with van der Waals surface area (Å²) in [5.74, 6) is 0.0917. The number of carbonyl (C=O) groups is 1. The van der Waals surface area contributed by atoms with E-state index in [1.165, 1.54) is 34.4 Å². The van der Waals surface area contributed by atoms with Gasteiger partial charge in [-0.25, -0.2) is 9.37 Å². The number of furan rings is 1. The van der Waals surface area contributed by atoms with Gasteiger partial charge in [-0.2, -0.15) is 0 Å². The Morgan fingerprint density at radius 2 is 2.06 bits per heavy atom. The smallest absolute Gasteiger partial charge is 0.263 e. The van der Waals surface area contributed by atoms with Crippen LogP contribution in [0.2, 0.25) is 0 Å². The van der Waals surface area contributed by atoms with E-state index in [1.807, 2.05) is 30.4 Å².